The minimum absolute atomic E-state index is 0.468. The van der Waals surface area contributed by atoms with Crippen LogP contribution in [0.4, 0.5) is 0 Å². The smallest absolute Gasteiger partial charge is 0.133 e. The third-order valence-corrected chi connectivity index (χ3v) is 2.25. The lowest BCUT2D eigenvalue weighted by Gasteiger charge is -2.10. The molecule has 2 heteroatoms. The molecule has 2 nitrogen and oxygen atoms in total. The van der Waals surface area contributed by atoms with Gasteiger partial charge in [0, 0.05) is 11.5 Å². The molecule has 1 aromatic rings. The number of nitrogens with one attached hydrogen (secondary N) is 1. The van der Waals surface area contributed by atoms with E-state index in [1.807, 2.05) is 43.5 Å². The fourth-order valence-corrected chi connectivity index (χ4v) is 1.47. The lowest BCUT2D eigenvalue weighted by Crippen LogP contribution is -2.24. The molecule has 2 rings (SSSR count). The van der Waals surface area contributed by atoms with Gasteiger partial charge in [0.05, 0.1) is 5.41 Å². The monoisotopic (exact) mass is 173 g/mol. The first-order valence-corrected chi connectivity index (χ1v) is 4.26. The summed E-state index contributed by atoms with van der Waals surface area (Å²) in [5, 5.41) is 2.14. The van der Waals surface area contributed by atoms with Gasteiger partial charge >= 0.3 is 0 Å². The highest BCUT2D eigenvalue weighted by atomic mass is 16.1. The van der Waals surface area contributed by atoms with Crippen molar-refractivity contribution in [3.05, 3.63) is 35.0 Å². The molecule has 1 aliphatic rings. The molecule has 0 spiro atoms. The van der Waals surface area contributed by atoms with Crippen LogP contribution in [-0.2, 0) is 4.79 Å². The zero-order valence-electron chi connectivity index (χ0n) is 7.45. The molecule has 0 amide bonds. The molecule has 0 fully saturated rings. The lowest BCUT2D eigenvalue weighted by atomic mass is 9.92. The van der Waals surface area contributed by atoms with E-state index in [1.165, 1.54) is 0 Å². The van der Waals surface area contributed by atoms with Crippen molar-refractivity contribution in [1.29, 1.82) is 0 Å². The molecule has 1 aromatic heterocycles. The summed E-state index contributed by atoms with van der Waals surface area (Å²) in [5.41, 5.74) is -0.468. The summed E-state index contributed by atoms with van der Waals surface area (Å²) in [4.78, 5) is 14.0. The third kappa shape index (κ3) is 1.35. The third-order valence-electron chi connectivity index (χ3n) is 2.25. The van der Waals surface area contributed by atoms with Crippen LogP contribution in [0, 0.1) is 5.41 Å². The van der Waals surface area contributed by atoms with E-state index in [9.17, 15) is 4.79 Å². The van der Waals surface area contributed by atoms with Crippen molar-refractivity contribution in [2.24, 2.45) is 5.41 Å². The van der Waals surface area contributed by atoms with E-state index in [4.69, 9.17) is 0 Å². The molecule has 0 saturated heterocycles. The number of aromatic amines is 1. The van der Waals surface area contributed by atoms with Crippen LogP contribution < -0.4 is 10.6 Å². The van der Waals surface area contributed by atoms with Crippen molar-refractivity contribution in [3.8, 4) is 0 Å². The second-order valence-corrected chi connectivity index (χ2v) is 3.50. The van der Waals surface area contributed by atoms with Crippen molar-refractivity contribution < 1.29 is 4.79 Å². The lowest BCUT2D eigenvalue weighted by molar-refractivity contribution is -0.111. The minimum Gasteiger partial charge on any atom is -0.361 e. The second kappa shape index (κ2) is 2.73. The minimum atomic E-state index is -0.468. The maximum absolute atomic E-state index is 10.9. The van der Waals surface area contributed by atoms with Gasteiger partial charge in [-0.25, -0.2) is 0 Å². The number of carbonyl (C=O) groups is 1. The fourth-order valence-electron chi connectivity index (χ4n) is 1.47. The molecule has 1 N–H and O–H groups in total. The fraction of sp³-hybridized carbons (Fsp3) is 0.182. The van der Waals surface area contributed by atoms with E-state index in [2.05, 4.69) is 4.98 Å². The summed E-state index contributed by atoms with van der Waals surface area (Å²) in [6.45, 7) is 1.90. The Hall–Kier alpha value is -1.57. The average molecular weight is 173 g/mol. The van der Waals surface area contributed by atoms with E-state index in [0.29, 0.717) is 0 Å². The summed E-state index contributed by atoms with van der Waals surface area (Å²) in [6.07, 6.45) is 10.6. The number of aromatic nitrogens is 1. The molecule has 0 aromatic carbocycles. The number of carbonyl (C=O) groups excluding carboxylic acids is 1. The van der Waals surface area contributed by atoms with Crippen molar-refractivity contribution in [3.63, 3.8) is 0 Å². The Bertz CT molecular complexity index is 467. The standard InChI is InChI=1S/C11H11NO/c1-11(8-13)5-2-3-10-9(7-11)4-6-12-10/h2-8,12H,1H3. The van der Waals surface area contributed by atoms with Gasteiger partial charge in [0.1, 0.15) is 6.29 Å². The molecule has 0 aliphatic heterocycles. The quantitative estimate of drug-likeness (QED) is 0.611. The molecule has 0 radical (unpaired) electrons. The molecule has 66 valence electrons. The Morgan fingerprint density at radius 1 is 1.54 bits per heavy atom. The predicted molar refractivity (Wildman–Crippen MR) is 52.3 cm³/mol. The number of rotatable bonds is 1. The summed E-state index contributed by atoms with van der Waals surface area (Å²) >= 11 is 0. The van der Waals surface area contributed by atoms with Crippen molar-refractivity contribution in [2.45, 2.75) is 6.92 Å². The van der Waals surface area contributed by atoms with E-state index in [0.717, 1.165) is 16.9 Å². The first kappa shape index (κ1) is 8.05. The van der Waals surface area contributed by atoms with Crippen LogP contribution in [0.5, 0.6) is 0 Å². The van der Waals surface area contributed by atoms with Gasteiger partial charge in [0.25, 0.3) is 0 Å². The molecular formula is C11H11NO. The predicted octanol–water partition coefficient (Wildman–Crippen LogP) is 0.351. The molecular weight excluding hydrogens is 162 g/mol. The van der Waals surface area contributed by atoms with Gasteiger partial charge in [-0.05, 0) is 24.3 Å². The van der Waals surface area contributed by atoms with Crippen LogP contribution in [0.3, 0.4) is 0 Å². The zero-order chi connectivity index (χ0) is 9.31. The number of hydrogen-bond acceptors (Lipinski definition) is 1. The SMILES string of the molecule is CC1(C=O)C=CC=c2[nH]ccc2=C1. The van der Waals surface area contributed by atoms with E-state index in [-0.39, 0.29) is 0 Å². The first-order valence-electron chi connectivity index (χ1n) is 4.26. The summed E-state index contributed by atoms with van der Waals surface area (Å²) < 4.78 is 0. The Kier molecular flexibility index (Phi) is 1.69. The molecule has 13 heavy (non-hydrogen) atoms. The van der Waals surface area contributed by atoms with Crippen molar-refractivity contribution >= 4 is 18.4 Å². The first-order chi connectivity index (χ1) is 6.23. The van der Waals surface area contributed by atoms with E-state index >= 15 is 0 Å². The van der Waals surface area contributed by atoms with Crippen LogP contribution in [0.2, 0.25) is 0 Å². The zero-order valence-corrected chi connectivity index (χ0v) is 7.45. The van der Waals surface area contributed by atoms with Crippen molar-refractivity contribution in [2.75, 3.05) is 0 Å². The average Bonchev–Trinajstić information content (AvgIpc) is 2.47. The number of fused-ring (bicyclic) bond motifs is 1. The maximum Gasteiger partial charge on any atom is 0.133 e. The molecule has 0 saturated carbocycles. The van der Waals surface area contributed by atoms with Gasteiger partial charge in [0.2, 0.25) is 0 Å². The highest BCUT2D eigenvalue weighted by molar-refractivity contribution is 5.74. The van der Waals surface area contributed by atoms with Gasteiger partial charge < -0.3 is 9.78 Å². The van der Waals surface area contributed by atoms with Crippen LogP contribution in [-0.4, -0.2) is 11.3 Å². The van der Waals surface area contributed by atoms with Crippen LogP contribution >= 0.6 is 0 Å². The van der Waals surface area contributed by atoms with Crippen LogP contribution in [0.1, 0.15) is 6.92 Å². The second-order valence-electron chi connectivity index (χ2n) is 3.50. The maximum atomic E-state index is 10.9. The Morgan fingerprint density at radius 2 is 2.38 bits per heavy atom. The topological polar surface area (TPSA) is 32.9 Å². The summed E-state index contributed by atoms with van der Waals surface area (Å²) in [7, 11) is 0. The summed E-state index contributed by atoms with van der Waals surface area (Å²) in [6, 6.07) is 1.97. The molecule has 0 bridgehead atoms. The Morgan fingerprint density at radius 3 is 3.15 bits per heavy atom. The number of allylic oxidation sites excluding steroid dienone is 2. The number of hydrogen-bond donors (Lipinski definition) is 1. The van der Waals surface area contributed by atoms with Gasteiger partial charge in [-0.15, -0.1) is 0 Å². The van der Waals surface area contributed by atoms with E-state index in [1.54, 1.807) is 0 Å². The highest BCUT2D eigenvalue weighted by Gasteiger charge is 2.16. The van der Waals surface area contributed by atoms with Gasteiger partial charge in [-0.2, -0.15) is 0 Å². The number of H-pyrrole nitrogens is 1. The van der Waals surface area contributed by atoms with Gasteiger partial charge in [0.15, 0.2) is 0 Å². The normalized spacial score (nSPS) is 25.3. The van der Waals surface area contributed by atoms with E-state index < -0.39 is 5.41 Å². The van der Waals surface area contributed by atoms with Crippen molar-refractivity contribution in [1.82, 2.24) is 4.98 Å². The Labute approximate surface area is 76.3 Å². The number of aldehydes is 1. The molecule has 1 atom stereocenters. The van der Waals surface area contributed by atoms with Crippen LogP contribution in [0.25, 0.3) is 12.2 Å². The molecule has 1 unspecified atom stereocenters. The Balaban J connectivity index is 2.73. The highest BCUT2D eigenvalue weighted by Crippen LogP contribution is 2.17. The van der Waals surface area contributed by atoms with Gasteiger partial charge in [-0.1, -0.05) is 18.2 Å². The molecule has 1 aliphatic carbocycles. The van der Waals surface area contributed by atoms with Crippen LogP contribution in [0.15, 0.2) is 24.4 Å². The van der Waals surface area contributed by atoms with Gasteiger partial charge in [-0.3, -0.25) is 0 Å². The molecule has 1 heterocycles. The summed E-state index contributed by atoms with van der Waals surface area (Å²) in [5.74, 6) is 0. The largest absolute Gasteiger partial charge is 0.361 e.